The maximum Gasteiger partial charge on any atom is 0.234 e. The fourth-order valence-corrected chi connectivity index (χ4v) is 2.69. The summed E-state index contributed by atoms with van der Waals surface area (Å²) in [7, 11) is 0. The zero-order chi connectivity index (χ0) is 16.4. The zero-order valence-electron chi connectivity index (χ0n) is 12.8. The molecule has 0 bridgehead atoms. The van der Waals surface area contributed by atoms with E-state index in [2.05, 4.69) is 9.97 Å². The Balaban J connectivity index is 1.91. The summed E-state index contributed by atoms with van der Waals surface area (Å²) in [5.41, 5.74) is 3.62. The van der Waals surface area contributed by atoms with Gasteiger partial charge >= 0.3 is 0 Å². The molecule has 0 N–H and O–H groups in total. The van der Waals surface area contributed by atoms with Gasteiger partial charge in [-0.05, 0) is 5.56 Å². The first kappa shape index (κ1) is 14.1. The quantitative estimate of drug-likeness (QED) is 0.581. The van der Waals surface area contributed by atoms with Crippen LogP contribution in [0.4, 0.5) is 0 Å². The average Bonchev–Trinajstić information content (AvgIpc) is 3.01. The minimum atomic E-state index is 0.149. The van der Waals surface area contributed by atoms with Crippen LogP contribution in [0.1, 0.15) is 11.4 Å². The summed E-state index contributed by atoms with van der Waals surface area (Å²) in [5, 5.41) is 14.7. The van der Waals surface area contributed by atoms with Crippen molar-refractivity contribution in [3.05, 3.63) is 78.2 Å². The van der Waals surface area contributed by atoms with Crippen LogP contribution in [0.2, 0.25) is 0 Å². The largest absolute Gasteiger partial charge is 0.242 e. The number of benzene rings is 2. The molecule has 0 saturated carbocycles. The van der Waals surface area contributed by atoms with Gasteiger partial charge in [-0.25, -0.2) is 9.67 Å². The van der Waals surface area contributed by atoms with Crippen LogP contribution in [0.5, 0.6) is 0 Å². The van der Waals surface area contributed by atoms with Crippen molar-refractivity contribution in [2.24, 2.45) is 0 Å². The van der Waals surface area contributed by atoms with Gasteiger partial charge in [-0.15, -0.1) is 0 Å². The molecule has 114 valence electrons. The highest BCUT2D eigenvalue weighted by Crippen LogP contribution is 2.26. The van der Waals surface area contributed by atoms with E-state index >= 15 is 0 Å². The van der Waals surface area contributed by atoms with Crippen molar-refractivity contribution in [2.45, 2.75) is 6.54 Å². The summed E-state index contributed by atoms with van der Waals surface area (Å²) >= 11 is 0. The lowest BCUT2D eigenvalue weighted by molar-refractivity contribution is 0.706. The normalized spacial score (nSPS) is 10.6. The first-order valence-electron chi connectivity index (χ1n) is 7.58. The first-order chi connectivity index (χ1) is 11.8. The predicted octanol–water partition coefficient (Wildman–Crippen LogP) is 3.41. The molecule has 0 aliphatic carbocycles. The number of hydrogen-bond donors (Lipinski definition) is 0. The van der Waals surface area contributed by atoms with Crippen molar-refractivity contribution < 1.29 is 0 Å². The third kappa shape index (κ3) is 2.50. The van der Waals surface area contributed by atoms with E-state index in [1.54, 1.807) is 6.20 Å². The number of fused-ring (bicyclic) bond motifs is 1. The molecule has 0 amide bonds. The summed E-state index contributed by atoms with van der Waals surface area (Å²) in [4.78, 5) is 8.47. The predicted molar refractivity (Wildman–Crippen MR) is 91.0 cm³/mol. The Morgan fingerprint density at radius 1 is 0.958 bits per heavy atom. The molecule has 0 aliphatic heterocycles. The summed E-state index contributed by atoms with van der Waals surface area (Å²) in [6.45, 7) is 0.589. The Morgan fingerprint density at radius 2 is 1.67 bits per heavy atom. The van der Waals surface area contributed by atoms with E-state index in [1.807, 2.05) is 71.4 Å². The Bertz CT molecular complexity index is 1030. The lowest BCUT2D eigenvalue weighted by Crippen LogP contribution is -2.03. The van der Waals surface area contributed by atoms with Crippen LogP contribution in [0.15, 0.2) is 66.9 Å². The van der Waals surface area contributed by atoms with Crippen LogP contribution < -0.4 is 0 Å². The van der Waals surface area contributed by atoms with Gasteiger partial charge in [-0.3, -0.25) is 0 Å². The molecule has 0 unspecified atom stereocenters. The molecule has 0 aliphatic rings. The smallest absolute Gasteiger partial charge is 0.234 e. The molecule has 4 rings (SSSR count). The van der Waals surface area contributed by atoms with E-state index in [0.717, 1.165) is 22.2 Å². The van der Waals surface area contributed by atoms with E-state index in [0.29, 0.717) is 12.2 Å². The zero-order valence-corrected chi connectivity index (χ0v) is 12.8. The lowest BCUT2D eigenvalue weighted by Gasteiger charge is -2.02. The van der Waals surface area contributed by atoms with E-state index < -0.39 is 0 Å². The second-order valence-electron chi connectivity index (χ2n) is 5.40. The Hall–Kier alpha value is -3.52. The minimum absolute atomic E-state index is 0.149. The second kappa shape index (κ2) is 5.94. The van der Waals surface area contributed by atoms with Gasteiger partial charge in [0.25, 0.3) is 0 Å². The topological polar surface area (TPSA) is 67.4 Å². The van der Waals surface area contributed by atoms with E-state index in [4.69, 9.17) is 10.4 Å². The van der Waals surface area contributed by atoms with Crippen molar-refractivity contribution >= 4 is 11.0 Å². The highest BCUT2D eigenvalue weighted by molar-refractivity contribution is 5.90. The third-order valence-electron chi connectivity index (χ3n) is 3.81. The highest BCUT2D eigenvalue weighted by Gasteiger charge is 2.15. The maximum absolute atomic E-state index is 9.10. The second-order valence-corrected chi connectivity index (χ2v) is 5.40. The van der Waals surface area contributed by atoms with Crippen LogP contribution in [0, 0.1) is 11.3 Å². The van der Waals surface area contributed by atoms with Crippen molar-refractivity contribution in [2.75, 3.05) is 0 Å². The molecule has 2 heterocycles. The molecule has 5 nitrogen and oxygen atoms in total. The number of nitriles is 1. The molecule has 0 atom stereocenters. The number of hydrogen-bond acceptors (Lipinski definition) is 4. The van der Waals surface area contributed by atoms with Gasteiger partial charge in [0.1, 0.15) is 11.8 Å². The molecule has 2 aromatic heterocycles. The molecule has 0 fully saturated rings. The third-order valence-corrected chi connectivity index (χ3v) is 3.81. The van der Waals surface area contributed by atoms with E-state index in [1.165, 1.54) is 0 Å². The summed E-state index contributed by atoms with van der Waals surface area (Å²) in [6.07, 6.45) is 1.68. The van der Waals surface area contributed by atoms with E-state index in [9.17, 15) is 0 Å². The number of nitrogens with zero attached hydrogens (tertiary/aromatic N) is 5. The molecular weight excluding hydrogens is 298 g/mol. The monoisotopic (exact) mass is 311 g/mol. The van der Waals surface area contributed by atoms with Gasteiger partial charge in [0, 0.05) is 11.8 Å². The highest BCUT2D eigenvalue weighted by atomic mass is 15.3. The van der Waals surface area contributed by atoms with Crippen LogP contribution in [0.3, 0.4) is 0 Å². The number of rotatable bonds is 3. The molecule has 0 radical (unpaired) electrons. The SMILES string of the molecule is N#Cc1ncc2c(-c3ccccc3)nn(Cc3ccccc3)c2n1. The molecule has 0 saturated heterocycles. The molecular formula is C19H13N5. The van der Waals surface area contributed by atoms with Crippen molar-refractivity contribution in [3.63, 3.8) is 0 Å². The summed E-state index contributed by atoms with van der Waals surface area (Å²) in [5.74, 6) is 0.149. The van der Waals surface area contributed by atoms with Crippen molar-refractivity contribution in [1.82, 2.24) is 19.7 Å². The van der Waals surface area contributed by atoms with Crippen molar-refractivity contribution in [3.8, 4) is 17.3 Å². The minimum Gasteiger partial charge on any atom is -0.242 e. The average molecular weight is 311 g/mol. The van der Waals surface area contributed by atoms with Gasteiger partial charge in [0.15, 0.2) is 5.65 Å². The Labute approximate surface area is 138 Å². The maximum atomic E-state index is 9.10. The van der Waals surface area contributed by atoms with Crippen LogP contribution >= 0.6 is 0 Å². The molecule has 5 heteroatoms. The Kier molecular flexibility index (Phi) is 3.49. The van der Waals surface area contributed by atoms with Gasteiger partial charge in [0.05, 0.1) is 11.9 Å². The number of aromatic nitrogens is 4. The molecule has 0 spiro atoms. The molecule has 4 aromatic rings. The summed E-state index contributed by atoms with van der Waals surface area (Å²) in [6, 6.07) is 22.0. The molecule has 2 aromatic carbocycles. The van der Waals surface area contributed by atoms with Gasteiger partial charge in [-0.2, -0.15) is 15.3 Å². The first-order valence-corrected chi connectivity index (χ1v) is 7.58. The fourth-order valence-electron chi connectivity index (χ4n) is 2.69. The Morgan fingerprint density at radius 3 is 2.38 bits per heavy atom. The van der Waals surface area contributed by atoms with Crippen LogP contribution in [-0.2, 0) is 6.54 Å². The standard InChI is InChI=1S/C19H13N5/c20-11-17-21-12-16-18(15-9-5-2-6-10-15)23-24(19(16)22-17)13-14-7-3-1-4-8-14/h1-10,12H,13H2. The van der Waals surface area contributed by atoms with E-state index in [-0.39, 0.29) is 5.82 Å². The molecule has 24 heavy (non-hydrogen) atoms. The van der Waals surface area contributed by atoms with Gasteiger partial charge in [-0.1, -0.05) is 60.7 Å². The lowest BCUT2D eigenvalue weighted by atomic mass is 10.1. The van der Waals surface area contributed by atoms with Gasteiger partial charge < -0.3 is 0 Å². The van der Waals surface area contributed by atoms with Crippen molar-refractivity contribution in [1.29, 1.82) is 5.26 Å². The van der Waals surface area contributed by atoms with Gasteiger partial charge in [0.2, 0.25) is 5.82 Å². The summed E-state index contributed by atoms with van der Waals surface area (Å²) < 4.78 is 1.83. The van der Waals surface area contributed by atoms with Crippen LogP contribution in [0.25, 0.3) is 22.3 Å². The fraction of sp³-hybridized carbons (Fsp3) is 0.0526. The van der Waals surface area contributed by atoms with Crippen LogP contribution in [-0.4, -0.2) is 19.7 Å².